The number of benzene rings is 1. The van der Waals surface area contributed by atoms with Gasteiger partial charge in [-0.2, -0.15) is 13.2 Å². The van der Waals surface area contributed by atoms with Crippen molar-refractivity contribution in [1.82, 2.24) is 10.2 Å². The number of piperidine rings is 1. The quantitative estimate of drug-likeness (QED) is 0.874. The van der Waals surface area contributed by atoms with Crippen LogP contribution in [0, 0.1) is 0 Å². The monoisotopic (exact) mass is 330 g/mol. The summed E-state index contributed by atoms with van der Waals surface area (Å²) in [7, 11) is 0. The Kier molecular flexibility index (Phi) is 5.25. The second kappa shape index (κ2) is 6.99. The molecule has 0 spiro atoms. The SMILES string of the molecule is O=C(CO)N[C@H]1CCCN(Cc2cccc(C(F)(F)F)c2)C1=O. The van der Waals surface area contributed by atoms with Crippen LogP contribution in [-0.2, 0) is 22.3 Å². The molecule has 0 aromatic heterocycles. The Morgan fingerprint density at radius 2 is 2.13 bits per heavy atom. The maximum Gasteiger partial charge on any atom is 0.416 e. The Morgan fingerprint density at radius 3 is 2.78 bits per heavy atom. The van der Waals surface area contributed by atoms with Crippen molar-refractivity contribution >= 4 is 11.8 Å². The molecule has 1 atom stereocenters. The van der Waals surface area contributed by atoms with Gasteiger partial charge in [0, 0.05) is 13.1 Å². The second-order valence-corrected chi connectivity index (χ2v) is 5.38. The van der Waals surface area contributed by atoms with Gasteiger partial charge in [-0.25, -0.2) is 0 Å². The lowest BCUT2D eigenvalue weighted by Crippen LogP contribution is -2.52. The molecule has 0 unspecified atom stereocenters. The van der Waals surface area contributed by atoms with Crippen molar-refractivity contribution in [3.63, 3.8) is 0 Å². The van der Waals surface area contributed by atoms with Crippen LogP contribution in [0.1, 0.15) is 24.0 Å². The summed E-state index contributed by atoms with van der Waals surface area (Å²) in [5.74, 6) is -1.00. The third-order valence-corrected chi connectivity index (χ3v) is 3.64. The van der Waals surface area contributed by atoms with Gasteiger partial charge in [0.15, 0.2) is 0 Å². The zero-order valence-electron chi connectivity index (χ0n) is 12.3. The molecule has 5 nitrogen and oxygen atoms in total. The number of amides is 2. The van der Waals surface area contributed by atoms with Crippen LogP contribution in [0.5, 0.6) is 0 Å². The van der Waals surface area contributed by atoms with E-state index in [1.165, 1.54) is 17.0 Å². The maximum absolute atomic E-state index is 12.7. The van der Waals surface area contributed by atoms with E-state index in [1.807, 2.05) is 0 Å². The molecule has 0 saturated carbocycles. The normalized spacial score (nSPS) is 18.9. The molecule has 1 aliphatic heterocycles. The van der Waals surface area contributed by atoms with Gasteiger partial charge in [-0.3, -0.25) is 9.59 Å². The average Bonchev–Trinajstić information content (AvgIpc) is 2.50. The summed E-state index contributed by atoms with van der Waals surface area (Å²) >= 11 is 0. The van der Waals surface area contributed by atoms with Gasteiger partial charge >= 0.3 is 6.18 Å². The molecule has 1 aromatic rings. The first-order chi connectivity index (χ1) is 10.8. The van der Waals surface area contributed by atoms with Crippen LogP contribution >= 0.6 is 0 Å². The van der Waals surface area contributed by atoms with Crippen molar-refractivity contribution in [2.24, 2.45) is 0 Å². The summed E-state index contributed by atoms with van der Waals surface area (Å²) < 4.78 is 38.1. The van der Waals surface area contributed by atoms with E-state index in [0.29, 0.717) is 24.9 Å². The molecule has 0 aliphatic carbocycles. The summed E-state index contributed by atoms with van der Waals surface area (Å²) in [5, 5.41) is 11.1. The number of nitrogens with zero attached hydrogens (tertiary/aromatic N) is 1. The van der Waals surface area contributed by atoms with E-state index in [-0.39, 0.29) is 12.5 Å². The third-order valence-electron chi connectivity index (χ3n) is 3.64. The Hall–Kier alpha value is -2.09. The summed E-state index contributed by atoms with van der Waals surface area (Å²) in [6, 6.07) is 4.08. The Balaban J connectivity index is 2.07. The van der Waals surface area contributed by atoms with Crippen molar-refractivity contribution in [3.8, 4) is 0 Å². The molecule has 0 bridgehead atoms. The van der Waals surface area contributed by atoms with E-state index in [0.717, 1.165) is 12.1 Å². The van der Waals surface area contributed by atoms with Crippen LogP contribution in [0.15, 0.2) is 24.3 Å². The largest absolute Gasteiger partial charge is 0.416 e. The number of carbonyl (C=O) groups is 2. The summed E-state index contributed by atoms with van der Waals surface area (Å²) in [6.45, 7) is -0.244. The van der Waals surface area contributed by atoms with Gasteiger partial charge in [0.1, 0.15) is 12.6 Å². The maximum atomic E-state index is 12.7. The number of hydrogen-bond acceptors (Lipinski definition) is 3. The van der Waals surface area contributed by atoms with Gasteiger partial charge in [0.05, 0.1) is 5.56 Å². The minimum atomic E-state index is -4.43. The lowest BCUT2D eigenvalue weighted by molar-refractivity contribution is -0.140. The molecule has 126 valence electrons. The van der Waals surface area contributed by atoms with Gasteiger partial charge < -0.3 is 15.3 Å². The molecular formula is C15H17F3N2O3. The zero-order chi connectivity index (χ0) is 17.0. The molecule has 2 amide bonds. The van der Waals surface area contributed by atoms with Crippen molar-refractivity contribution in [1.29, 1.82) is 0 Å². The fourth-order valence-corrected chi connectivity index (χ4v) is 2.54. The van der Waals surface area contributed by atoms with E-state index < -0.39 is 30.3 Å². The molecule has 2 rings (SSSR count). The zero-order valence-corrected chi connectivity index (χ0v) is 12.3. The van der Waals surface area contributed by atoms with Crippen LogP contribution in [0.4, 0.5) is 13.2 Å². The fourth-order valence-electron chi connectivity index (χ4n) is 2.54. The molecule has 8 heteroatoms. The highest BCUT2D eigenvalue weighted by molar-refractivity contribution is 5.88. The molecule has 23 heavy (non-hydrogen) atoms. The first-order valence-corrected chi connectivity index (χ1v) is 7.16. The van der Waals surface area contributed by atoms with Crippen molar-refractivity contribution < 1.29 is 27.9 Å². The van der Waals surface area contributed by atoms with Crippen LogP contribution in [0.2, 0.25) is 0 Å². The Morgan fingerprint density at radius 1 is 1.39 bits per heavy atom. The molecule has 2 N–H and O–H groups in total. The first kappa shape index (κ1) is 17.3. The predicted octanol–water partition coefficient (Wildman–Crippen LogP) is 1.30. The average molecular weight is 330 g/mol. The molecule has 1 saturated heterocycles. The molecule has 0 radical (unpaired) electrons. The Bertz CT molecular complexity index is 590. The fraction of sp³-hybridized carbons (Fsp3) is 0.467. The van der Waals surface area contributed by atoms with Gasteiger partial charge in [-0.1, -0.05) is 12.1 Å². The van der Waals surface area contributed by atoms with Gasteiger partial charge in [-0.15, -0.1) is 0 Å². The topological polar surface area (TPSA) is 69.6 Å². The minimum absolute atomic E-state index is 0.0499. The third kappa shape index (κ3) is 4.44. The highest BCUT2D eigenvalue weighted by Gasteiger charge is 2.32. The highest BCUT2D eigenvalue weighted by Crippen LogP contribution is 2.30. The number of rotatable bonds is 4. The number of aliphatic hydroxyl groups is 1. The summed E-state index contributed by atoms with van der Waals surface area (Å²) in [6.07, 6.45) is -3.36. The number of alkyl halides is 3. The summed E-state index contributed by atoms with van der Waals surface area (Å²) in [5.41, 5.74) is -0.382. The van der Waals surface area contributed by atoms with Gasteiger partial charge in [0.2, 0.25) is 11.8 Å². The lowest BCUT2D eigenvalue weighted by atomic mass is 10.0. The van der Waals surface area contributed by atoms with E-state index in [1.54, 1.807) is 0 Å². The van der Waals surface area contributed by atoms with Crippen molar-refractivity contribution in [3.05, 3.63) is 35.4 Å². The lowest BCUT2D eigenvalue weighted by Gasteiger charge is -2.32. The molecular weight excluding hydrogens is 313 g/mol. The first-order valence-electron chi connectivity index (χ1n) is 7.16. The van der Waals surface area contributed by atoms with E-state index in [4.69, 9.17) is 5.11 Å². The highest BCUT2D eigenvalue weighted by atomic mass is 19.4. The summed E-state index contributed by atoms with van der Waals surface area (Å²) in [4.78, 5) is 24.9. The number of carbonyl (C=O) groups excluding carboxylic acids is 2. The second-order valence-electron chi connectivity index (χ2n) is 5.38. The minimum Gasteiger partial charge on any atom is -0.387 e. The molecule has 1 aliphatic rings. The van der Waals surface area contributed by atoms with Gasteiger partial charge in [0.25, 0.3) is 0 Å². The van der Waals surface area contributed by atoms with Crippen molar-refractivity contribution in [2.75, 3.05) is 13.2 Å². The van der Waals surface area contributed by atoms with Crippen LogP contribution in [0.25, 0.3) is 0 Å². The smallest absolute Gasteiger partial charge is 0.387 e. The number of aliphatic hydroxyl groups excluding tert-OH is 1. The number of nitrogens with one attached hydrogen (secondary N) is 1. The standard InChI is InChI=1S/C15H17F3N2O3/c16-15(17,18)11-4-1-3-10(7-11)8-20-6-2-5-12(14(20)23)19-13(22)9-21/h1,3-4,7,12,21H,2,5-6,8-9H2,(H,19,22)/t12-/m0/s1. The number of hydrogen-bond donors (Lipinski definition) is 2. The van der Waals surface area contributed by atoms with E-state index in [2.05, 4.69) is 5.32 Å². The van der Waals surface area contributed by atoms with Crippen molar-refractivity contribution in [2.45, 2.75) is 31.6 Å². The van der Waals surface area contributed by atoms with Crippen LogP contribution < -0.4 is 5.32 Å². The van der Waals surface area contributed by atoms with E-state index >= 15 is 0 Å². The van der Waals surface area contributed by atoms with E-state index in [9.17, 15) is 22.8 Å². The molecule has 1 heterocycles. The predicted molar refractivity (Wildman–Crippen MR) is 75.1 cm³/mol. The Labute approximate surface area is 131 Å². The number of halogens is 3. The van der Waals surface area contributed by atoms with Crippen LogP contribution in [0.3, 0.4) is 0 Å². The van der Waals surface area contributed by atoms with Crippen LogP contribution in [-0.4, -0.2) is 41.0 Å². The van der Waals surface area contributed by atoms with Gasteiger partial charge in [-0.05, 0) is 30.5 Å². The molecule has 1 aromatic carbocycles. The molecule has 1 fully saturated rings. The number of likely N-dealkylation sites (tertiary alicyclic amines) is 1.